The molecule has 4 amide bonds. The Hall–Kier alpha value is -4.99. The molecule has 10 nitrogen and oxygen atoms in total. The van der Waals surface area contributed by atoms with Gasteiger partial charge in [0.1, 0.15) is 6.04 Å². The summed E-state index contributed by atoms with van der Waals surface area (Å²) >= 11 is 0. The number of nitrogens with one attached hydrogen (secondary N) is 2. The molecule has 5 N–H and O–H groups in total. The molecule has 208 valence electrons. The molecule has 1 atom stereocenters. The van der Waals surface area contributed by atoms with Crippen molar-refractivity contribution in [1.29, 1.82) is 0 Å². The van der Waals surface area contributed by atoms with Gasteiger partial charge in [-0.1, -0.05) is 44.2 Å². The number of likely N-dealkylation sites (N-methyl/N-ethyl adjacent to an activating group) is 1. The lowest BCUT2D eigenvalue weighted by atomic mass is 9.93. The van der Waals surface area contributed by atoms with E-state index in [1.54, 1.807) is 44.4 Å². The second-order valence-corrected chi connectivity index (χ2v) is 9.90. The van der Waals surface area contributed by atoms with E-state index in [0.717, 1.165) is 0 Å². The van der Waals surface area contributed by atoms with Crippen LogP contribution in [0.15, 0.2) is 66.7 Å². The highest BCUT2D eigenvalue weighted by Gasteiger charge is 2.25. The summed E-state index contributed by atoms with van der Waals surface area (Å²) in [5.41, 5.74) is 6.49. The predicted octanol–water partition coefficient (Wildman–Crippen LogP) is 3.64. The highest BCUT2D eigenvalue weighted by atomic mass is 16.4. The van der Waals surface area contributed by atoms with E-state index in [-0.39, 0.29) is 39.6 Å². The second-order valence-electron chi connectivity index (χ2n) is 9.90. The number of benzene rings is 3. The van der Waals surface area contributed by atoms with E-state index in [1.807, 2.05) is 13.8 Å². The maximum atomic E-state index is 13.2. The molecule has 0 unspecified atom stereocenters. The second kappa shape index (κ2) is 12.7. The lowest BCUT2D eigenvalue weighted by Crippen LogP contribution is -2.46. The summed E-state index contributed by atoms with van der Waals surface area (Å²) in [6.45, 7) is 3.86. The van der Waals surface area contributed by atoms with Gasteiger partial charge in [-0.05, 0) is 59.9 Å². The molecule has 0 bridgehead atoms. The first kappa shape index (κ1) is 29.6. The minimum Gasteiger partial charge on any atom is -0.478 e. The maximum Gasteiger partial charge on any atom is 0.336 e. The highest BCUT2D eigenvalue weighted by molar-refractivity contribution is 6.11. The van der Waals surface area contributed by atoms with E-state index in [0.29, 0.717) is 17.7 Å². The largest absolute Gasteiger partial charge is 0.478 e. The summed E-state index contributed by atoms with van der Waals surface area (Å²) in [5.74, 6) is -3.19. The Morgan fingerprint density at radius 1 is 0.825 bits per heavy atom. The van der Waals surface area contributed by atoms with Crippen molar-refractivity contribution in [3.63, 3.8) is 0 Å². The number of aromatic carboxylic acids is 1. The van der Waals surface area contributed by atoms with Crippen molar-refractivity contribution in [3.05, 3.63) is 89.0 Å². The van der Waals surface area contributed by atoms with Crippen LogP contribution >= 0.6 is 0 Å². The van der Waals surface area contributed by atoms with Crippen molar-refractivity contribution in [2.24, 2.45) is 11.7 Å². The van der Waals surface area contributed by atoms with Crippen LogP contribution in [0.1, 0.15) is 61.7 Å². The van der Waals surface area contributed by atoms with Crippen molar-refractivity contribution in [3.8, 4) is 11.1 Å². The number of carboxylic acid groups (broad SMARTS) is 1. The van der Waals surface area contributed by atoms with Crippen molar-refractivity contribution in [2.75, 3.05) is 19.4 Å². The van der Waals surface area contributed by atoms with Crippen molar-refractivity contribution in [2.45, 2.75) is 26.3 Å². The van der Waals surface area contributed by atoms with Gasteiger partial charge in [0, 0.05) is 36.5 Å². The molecular weight excluding hydrogens is 512 g/mol. The molecule has 3 aromatic carbocycles. The van der Waals surface area contributed by atoms with E-state index in [9.17, 15) is 29.1 Å². The van der Waals surface area contributed by atoms with E-state index >= 15 is 0 Å². The van der Waals surface area contributed by atoms with E-state index in [1.165, 1.54) is 41.3 Å². The van der Waals surface area contributed by atoms with E-state index < -0.39 is 29.7 Å². The Labute approximate surface area is 232 Å². The fraction of sp³-hybridized carbons (Fsp3) is 0.233. The third kappa shape index (κ3) is 7.10. The number of nitrogens with zero attached hydrogens (tertiary/aromatic N) is 1. The molecule has 3 rings (SSSR count). The first-order valence-electron chi connectivity index (χ1n) is 12.6. The predicted molar refractivity (Wildman–Crippen MR) is 151 cm³/mol. The molecule has 0 spiro atoms. The lowest BCUT2D eigenvalue weighted by Gasteiger charge is -2.23. The first-order valence-corrected chi connectivity index (χ1v) is 12.6. The lowest BCUT2D eigenvalue weighted by molar-refractivity contribution is -0.131. The number of amides is 4. The van der Waals surface area contributed by atoms with Gasteiger partial charge in [0.05, 0.1) is 5.56 Å². The zero-order valence-corrected chi connectivity index (χ0v) is 22.7. The first-order chi connectivity index (χ1) is 18.9. The number of hydrogen-bond acceptors (Lipinski definition) is 5. The molecule has 0 aliphatic carbocycles. The quantitative estimate of drug-likeness (QED) is 0.305. The standard InChI is InChI=1S/C30H32N4O6/c1-17(2)14-25(29(38)34(3)4)33-27(36)19-12-13-22(24(16-19)30(39)40)21-10-5-6-11-23(21)28(37)32-20-9-7-8-18(15-20)26(31)35/h5-13,15-17,25H,14H2,1-4H3,(H2,31,35)(H,32,37)(H,33,36)(H,39,40)/t25-/m0/s1. The summed E-state index contributed by atoms with van der Waals surface area (Å²) in [6, 6.07) is 15.9. The van der Waals surface area contributed by atoms with E-state index in [2.05, 4.69) is 10.6 Å². The number of primary amides is 1. The minimum absolute atomic E-state index is 0.0617. The van der Waals surface area contributed by atoms with Gasteiger partial charge in [0.15, 0.2) is 0 Å². The topological polar surface area (TPSA) is 159 Å². The number of carbonyl (C=O) groups excluding carboxylic acids is 4. The Bertz CT molecular complexity index is 1460. The third-order valence-electron chi connectivity index (χ3n) is 6.13. The molecule has 0 aliphatic rings. The number of anilines is 1. The number of rotatable bonds is 10. The summed E-state index contributed by atoms with van der Waals surface area (Å²) in [5, 5.41) is 15.4. The molecule has 0 saturated carbocycles. The molecule has 10 heteroatoms. The summed E-state index contributed by atoms with van der Waals surface area (Å²) in [4.78, 5) is 64.0. The minimum atomic E-state index is -1.29. The zero-order chi connectivity index (χ0) is 29.6. The molecule has 0 fully saturated rings. The van der Waals surface area contributed by atoms with Crippen LogP contribution in [-0.4, -0.2) is 59.7 Å². The smallest absolute Gasteiger partial charge is 0.336 e. The van der Waals surface area contributed by atoms with Crippen molar-refractivity contribution >= 4 is 35.3 Å². The Morgan fingerprint density at radius 3 is 2.12 bits per heavy atom. The molecule has 40 heavy (non-hydrogen) atoms. The van der Waals surface area contributed by atoms with Crippen LogP contribution in [0.3, 0.4) is 0 Å². The molecule has 0 aliphatic heterocycles. The van der Waals surface area contributed by atoms with Gasteiger partial charge in [-0.3, -0.25) is 19.2 Å². The maximum absolute atomic E-state index is 13.2. The summed E-state index contributed by atoms with van der Waals surface area (Å²) in [6.07, 6.45) is 0.414. The van der Waals surface area contributed by atoms with Crippen LogP contribution in [-0.2, 0) is 4.79 Å². The van der Waals surface area contributed by atoms with Crippen molar-refractivity contribution in [1.82, 2.24) is 10.2 Å². The SMILES string of the molecule is CC(C)C[C@H](NC(=O)c1ccc(-c2ccccc2C(=O)Nc2cccc(C(N)=O)c2)c(C(=O)O)c1)C(=O)N(C)C. The highest BCUT2D eigenvalue weighted by Crippen LogP contribution is 2.29. The summed E-state index contributed by atoms with van der Waals surface area (Å²) < 4.78 is 0. The molecule has 0 aromatic heterocycles. The fourth-order valence-electron chi connectivity index (χ4n) is 4.21. The van der Waals surface area contributed by atoms with Crippen molar-refractivity contribution < 1.29 is 29.1 Å². The van der Waals surface area contributed by atoms with Crippen LogP contribution in [0.4, 0.5) is 5.69 Å². The van der Waals surface area contributed by atoms with Gasteiger partial charge in [-0.2, -0.15) is 0 Å². The monoisotopic (exact) mass is 544 g/mol. The van der Waals surface area contributed by atoms with E-state index in [4.69, 9.17) is 5.73 Å². The third-order valence-corrected chi connectivity index (χ3v) is 6.13. The zero-order valence-electron chi connectivity index (χ0n) is 22.7. The van der Waals surface area contributed by atoms with Gasteiger partial charge in [0.25, 0.3) is 11.8 Å². The van der Waals surface area contributed by atoms with Crippen LogP contribution < -0.4 is 16.4 Å². The van der Waals surface area contributed by atoms with Gasteiger partial charge in [0.2, 0.25) is 11.8 Å². The molecule has 3 aromatic rings. The summed E-state index contributed by atoms with van der Waals surface area (Å²) in [7, 11) is 3.20. The van der Waals surface area contributed by atoms with Crippen LogP contribution in [0, 0.1) is 5.92 Å². The number of carboxylic acids is 1. The van der Waals surface area contributed by atoms with Gasteiger partial charge in [-0.25, -0.2) is 4.79 Å². The van der Waals surface area contributed by atoms with Gasteiger partial charge in [-0.15, -0.1) is 0 Å². The molecule has 0 heterocycles. The van der Waals surface area contributed by atoms with Crippen LogP contribution in [0.5, 0.6) is 0 Å². The normalized spacial score (nSPS) is 11.4. The molecular formula is C30H32N4O6. The average molecular weight is 545 g/mol. The van der Waals surface area contributed by atoms with Gasteiger partial charge < -0.3 is 26.4 Å². The fourth-order valence-corrected chi connectivity index (χ4v) is 4.21. The van der Waals surface area contributed by atoms with Crippen LogP contribution in [0.2, 0.25) is 0 Å². The Balaban J connectivity index is 1.96. The average Bonchev–Trinajstić information content (AvgIpc) is 2.91. The molecule has 0 radical (unpaired) electrons. The number of nitrogens with two attached hydrogens (primary N) is 1. The van der Waals surface area contributed by atoms with Crippen LogP contribution in [0.25, 0.3) is 11.1 Å². The Morgan fingerprint density at radius 2 is 1.50 bits per heavy atom. The Kier molecular flexibility index (Phi) is 9.39. The molecule has 0 saturated heterocycles. The number of hydrogen-bond donors (Lipinski definition) is 4. The van der Waals surface area contributed by atoms with Gasteiger partial charge >= 0.3 is 5.97 Å². The number of carbonyl (C=O) groups is 5.